The van der Waals surface area contributed by atoms with Crippen LogP contribution in [0.1, 0.15) is 5.56 Å². The van der Waals surface area contributed by atoms with Crippen LogP contribution < -0.4 is 0 Å². The van der Waals surface area contributed by atoms with Crippen molar-refractivity contribution in [3.05, 3.63) is 176 Å². The number of rotatable bonds is 4. The van der Waals surface area contributed by atoms with Crippen molar-refractivity contribution in [3.8, 4) is 39.8 Å². The third kappa shape index (κ3) is 4.27. The summed E-state index contributed by atoms with van der Waals surface area (Å²) >= 11 is 0. The predicted molar refractivity (Wildman–Crippen MR) is 216 cm³/mol. The standard InChI is InChI=1S/C48H28N4O/c49-29-30-22-24-44(39(27-30)38-17-10-26-50-48(38)52-42-19-6-1-11-33(42)34-12-2-7-20-43(34)52)51-41-18-5-3-13-35(41)40-28-31(23-25-45(40)51)32-15-9-16-37-36-14-4-8-21-46(36)53-47(32)37/h1-28H. The molecule has 0 aliphatic heterocycles. The molecule has 0 saturated carbocycles. The highest BCUT2D eigenvalue weighted by Gasteiger charge is 2.22. The largest absolute Gasteiger partial charge is 0.455 e. The number of nitriles is 1. The normalized spacial score (nSPS) is 11.8. The van der Waals surface area contributed by atoms with E-state index in [2.05, 4.69) is 149 Å². The highest BCUT2D eigenvalue weighted by molar-refractivity contribution is 6.14. The van der Waals surface area contributed by atoms with Gasteiger partial charge in [0.05, 0.1) is 39.4 Å². The van der Waals surface area contributed by atoms with Gasteiger partial charge in [-0.05, 0) is 72.3 Å². The molecule has 4 aromatic heterocycles. The number of para-hydroxylation sites is 5. The summed E-state index contributed by atoms with van der Waals surface area (Å²) in [6, 6.07) is 59.3. The highest BCUT2D eigenvalue weighted by atomic mass is 16.3. The molecule has 0 aliphatic rings. The fourth-order valence-corrected chi connectivity index (χ4v) is 8.33. The Bertz CT molecular complexity index is 3260. The first-order valence-corrected chi connectivity index (χ1v) is 17.7. The molecule has 0 fully saturated rings. The van der Waals surface area contributed by atoms with Gasteiger partial charge in [0.15, 0.2) is 0 Å². The molecule has 0 spiro atoms. The Morgan fingerprint density at radius 2 is 1.09 bits per heavy atom. The van der Waals surface area contributed by atoms with Gasteiger partial charge in [0.1, 0.15) is 17.0 Å². The second-order valence-corrected chi connectivity index (χ2v) is 13.5. The summed E-state index contributed by atoms with van der Waals surface area (Å²) in [7, 11) is 0. The maximum absolute atomic E-state index is 10.2. The molecule has 5 nitrogen and oxygen atoms in total. The molecule has 4 heterocycles. The monoisotopic (exact) mass is 676 g/mol. The molecule has 0 unspecified atom stereocenters. The Balaban J connectivity index is 1.17. The summed E-state index contributed by atoms with van der Waals surface area (Å²) in [6.07, 6.45) is 1.85. The van der Waals surface area contributed by atoms with Gasteiger partial charge in [-0.25, -0.2) is 4.98 Å². The van der Waals surface area contributed by atoms with E-state index >= 15 is 0 Å². The van der Waals surface area contributed by atoms with Crippen LogP contribution in [0.4, 0.5) is 0 Å². The molecule has 0 N–H and O–H groups in total. The number of furan rings is 1. The average molecular weight is 677 g/mol. The van der Waals surface area contributed by atoms with Crippen LogP contribution in [0, 0.1) is 11.3 Å². The Kier molecular flexibility index (Phi) is 6.25. The zero-order chi connectivity index (χ0) is 35.0. The first kappa shape index (κ1) is 29.3. The Labute approximate surface area is 303 Å². The van der Waals surface area contributed by atoms with Crippen LogP contribution in [0.25, 0.3) is 99.3 Å². The second-order valence-electron chi connectivity index (χ2n) is 13.5. The van der Waals surface area contributed by atoms with E-state index in [0.717, 1.165) is 88.5 Å². The van der Waals surface area contributed by atoms with Crippen LogP contribution in [0.3, 0.4) is 0 Å². The number of pyridine rings is 1. The van der Waals surface area contributed by atoms with E-state index in [0.29, 0.717) is 5.56 Å². The molecule has 0 saturated heterocycles. The van der Waals surface area contributed by atoms with Gasteiger partial charge in [0, 0.05) is 55.2 Å². The molecule has 11 aromatic rings. The van der Waals surface area contributed by atoms with E-state index in [1.54, 1.807) is 0 Å². The molecule has 5 heteroatoms. The Hall–Kier alpha value is -7.42. The van der Waals surface area contributed by atoms with Crippen LogP contribution in [-0.2, 0) is 0 Å². The summed E-state index contributed by atoms with van der Waals surface area (Å²) in [5.41, 5.74) is 11.6. The van der Waals surface area contributed by atoms with Crippen LogP contribution in [0.15, 0.2) is 174 Å². The summed E-state index contributed by atoms with van der Waals surface area (Å²) < 4.78 is 11.0. The summed E-state index contributed by atoms with van der Waals surface area (Å²) in [5, 5.41) is 17.0. The van der Waals surface area contributed by atoms with E-state index in [-0.39, 0.29) is 0 Å². The zero-order valence-electron chi connectivity index (χ0n) is 28.4. The van der Waals surface area contributed by atoms with Gasteiger partial charge in [0.25, 0.3) is 0 Å². The van der Waals surface area contributed by atoms with Crippen molar-refractivity contribution < 1.29 is 4.42 Å². The van der Waals surface area contributed by atoms with Crippen molar-refractivity contribution in [3.63, 3.8) is 0 Å². The maximum Gasteiger partial charge on any atom is 0.145 e. The number of benzene rings is 7. The molecule has 0 radical (unpaired) electrons. The van der Waals surface area contributed by atoms with Gasteiger partial charge in [-0.1, -0.05) is 97.1 Å². The molecular weight excluding hydrogens is 649 g/mol. The summed E-state index contributed by atoms with van der Waals surface area (Å²) in [6.45, 7) is 0. The first-order chi connectivity index (χ1) is 26.3. The van der Waals surface area contributed by atoms with Crippen LogP contribution in [-0.4, -0.2) is 14.1 Å². The minimum absolute atomic E-state index is 0.586. The minimum atomic E-state index is 0.586. The molecule has 0 bridgehead atoms. The maximum atomic E-state index is 10.2. The molecule has 53 heavy (non-hydrogen) atoms. The molecule has 7 aromatic carbocycles. The van der Waals surface area contributed by atoms with Gasteiger partial charge in [0.2, 0.25) is 0 Å². The summed E-state index contributed by atoms with van der Waals surface area (Å²) in [5.74, 6) is 0.809. The molecule has 0 aliphatic carbocycles. The molecular formula is C48H28N4O. The smallest absolute Gasteiger partial charge is 0.145 e. The predicted octanol–water partition coefficient (Wildman–Crippen LogP) is 12.4. The number of aromatic nitrogens is 3. The zero-order valence-corrected chi connectivity index (χ0v) is 28.4. The average Bonchev–Trinajstić information content (AvgIpc) is 3.88. The molecule has 246 valence electrons. The van der Waals surface area contributed by atoms with Gasteiger partial charge in [-0.3, -0.25) is 4.57 Å². The third-order valence-corrected chi connectivity index (χ3v) is 10.6. The van der Waals surface area contributed by atoms with E-state index in [1.807, 2.05) is 36.5 Å². The van der Waals surface area contributed by atoms with E-state index < -0.39 is 0 Å². The lowest BCUT2D eigenvalue weighted by atomic mass is 10.00. The highest BCUT2D eigenvalue weighted by Crippen LogP contribution is 2.42. The minimum Gasteiger partial charge on any atom is -0.455 e. The quantitative estimate of drug-likeness (QED) is 0.186. The van der Waals surface area contributed by atoms with Crippen molar-refractivity contribution in [1.29, 1.82) is 5.26 Å². The van der Waals surface area contributed by atoms with Crippen LogP contribution >= 0.6 is 0 Å². The number of hydrogen-bond acceptors (Lipinski definition) is 3. The SMILES string of the molecule is N#Cc1ccc(-n2c3ccccc3c3cc(-c4cccc5c4oc4ccccc45)ccc32)c(-c2cccnc2-n2c3ccccc3c3ccccc32)c1. The lowest BCUT2D eigenvalue weighted by molar-refractivity contribution is 0.670. The van der Waals surface area contributed by atoms with Crippen molar-refractivity contribution in [2.24, 2.45) is 0 Å². The fraction of sp³-hybridized carbons (Fsp3) is 0. The van der Waals surface area contributed by atoms with Gasteiger partial charge < -0.3 is 8.98 Å². The van der Waals surface area contributed by atoms with Gasteiger partial charge >= 0.3 is 0 Å². The first-order valence-electron chi connectivity index (χ1n) is 17.7. The summed E-state index contributed by atoms with van der Waals surface area (Å²) in [4.78, 5) is 5.05. The van der Waals surface area contributed by atoms with E-state index in [9.17, 15) is 5.26 Å². The molecule has 0 amide bonds. The van der Waals surface area contributed by atoms with Gasteiger partial charge in [-0.2, -0.15) is 5.26 Å². The Morgan fingerprint density at radius 1 is 0.472 bits per heavy atom. The number of nitrogens with zero attached hydrogens (tertiary/aromatic N) is 4. The topological polar surface area (TPSA) is 59.7 Å². The number of hydrogen-bond donors (Lipinski definition) is 0. The van der Waals surface area contributed by atoms with E-state index in [1.165, 1.54) is 10.8 Å². The third-order valence-electron chi connectivity index (χ3n) is 10.6. The molecule has 0 atom stereocenters. The van der Waals surface area contributed by atoms with Gasteiger partial charge in [-0.15, -0.1) is 0 Å². The van der Waals surface area contributed by atoms with Crippen molar-refractivity contribution >= 4 is 65.6 Å². The second kappa shape index (κ2) is 11.3. The lowest BCUT2D eigenvalue weighted by Crippen LogP contribution is -2.03. The fourth-order valence-electron chi connectivity index (χ4n) is 8.33. The van der Waals surface area contributed by atoms with Crippen LogP contribution in [0.2, 0.25) is 0 Å². The van der Waals surface area contributed by atoms with Crippen molar-refractivity contribution in [2.75, 3.05) is 0 Å². The van der Waals surface area contributed by atoms with Crippen molar-refractivity contribution in [1.82, 2.24) is 14.1 Å². The van der Waals surface area contributed by atoms with Crippen molar-refractivity contribution in [2.45, 2.75) is 0 Å². The Morgan fingerprint density at radius 3 is 1.85 bits per heavy atom. The lowest BCUT2D eigenvalue weighted by Gasteiger charge is -2.18. The molecule has 11 rings (SSSR count). The van der Waals surface area contributed by atoms with E-state index in [4.69, 9.17) is 9.40 Å². The number of fused-ring (bicyclic) bond motifs is 9. The van der Waals surface area contributed by atoms with Crippen LogP contribution in [0.5, 0.6) is 0 Å².